The number of anilines is 1. The molecule has 0 saturated heterocycles. The molecule has 1 amide bonds. The quantitative estimate of drug-likeness (QED) is 0.557. The fraction of sp³-hybridized carbons (Fsp3) is 0.0625. The van der Waals surface area contributed by atoms with Crippen molar-refractivity contribution in [2.45, 2.75) is 10.1 Å². The van der Waals surface area contributed by atoms with Gasteiger partial charge < -0.3 is 9.88 Å². The summed E-state index contributed by atoms with van der Waals surface area (Å²) in [6.07, 6.45) is 1.62. The lowest BCUT2D eigenvalue weighted by Crippen LogP contribution is -2.11. The van der Waals surface area contributed by atoms with Crippen molar-refractivity contribution in [2.75, 3.05) is 5.32 Å². The van der Waals surface area contributed by atoms with E-state index in [1.54, 1.807) is 18.5 Å². The Labute approximate surface area is 147 Å². The Bertz CT molecular complexity index is 924. The van der Waals surface area contributed by atoms with Gasteiger partial charge in [-0.2, -0.15) is 0 Å². The Morgan fingerprint density at radius 3 is 2.64 bits per heavy atom. The maximum absolute atomic E-state index is 12.2. The van der Waals surface area contributed by atoms with Crippen LogP contribution in [-0.4, -0.2) is 25.6 Å². The molecule has 0 aliphatic carbocycles. The van der Waals surface area contributed by atoms with Gasteiger partial charge in [-0.1, -0.05) is 6.07 Å². The molecule has 2 aromatic carbocycles. The summed E-state index contributed by atoms with van der Waals surface area (Å²) >= 11 is 1.45. The molecule has 1 N–H and O–H groups in total. The molecule has 0 bridgehead atoms. The molecule has 8 nitrogen and oxygen atoms in total. The average molecular weight is 355 g/mol. The first-order chi connectivity index (χ1) is 12.0. The summed E-state index contributed by atoms with van der Waals surface area (Å²) in [5.74, 6) is -0.405. The van der Waals surface area contributed by atoms with Crippen molar-refractivity contribution in [1.29, 1.82) is 0 Å². The van der Waals surface area contributed by atoms with Crippen LogP contribution in [0, 0.1) is 10.1 Å². The fourth-order valence-electron chi connectivity index (χ4n) is 2.04. The number of aromatic nitrogens is 3. The van der Waals surface area contributed by atoms with Gasteiger partial charge in [0.25, 0.3) is 11.6 Å². The number of hydrogen-bond acceptors (Lipinski definition) is 6. The van der Waals surface area contributed by atoms with E-state index in [1.165, 1.54) is 36.0 Å². The van der Waals surface area contributed by atoms with Crippen molar-refractivity contribution in [2.24, 2.45) is 7.05 Å². The average Bonchev–Trinajstić information content (AvgIpc) is 3.01. The molecule has 3 aromatic rings. The van der Waals surface area contributed by atoms with E-state index in [4.69, 9.17) is 0 Å². The number of carbonyl (C=O) groups excluding carboxylic acids is 1. The normalized spacial score (nSPS) is 10.4. The number of benzene rings is 2. The van der Waals surface area contributed by atoms with Crippen molar-refractivity contribution in [3.05, 3.63) is 70.5 Å². The third-order valence-electron chi connectivity index (χ3n) is 3.31. The van der Waals surface area contributed by atoms with E-state index in [2.05, 4.69) is 15.5 Å². The van der Waals surface area contributed by atoms with Crippen LogP contribution in [0.5, 0.6) is 0 Å². The zero-order valence-corrected chi connectivity index (χ0v) is 13.9. The second-order valence-electron chi connectivity index (χ2n) is 5.11. The number of carbonyl (C=O) groups is 1. The molecule has 0 saturated carbocycles. The molecule has 1 aromatic heterocycles. The number of nitrogens with zero attached hydrogens (tertiary/aromatic N) is 4. The number of aryl methyl sites for hydroxylation is 1. The summed E-state index contributed by atoms with van der Waals surface area (Å²) in [6.45, 7) is 0. The van der Waals surface area contributed by atoms with Crippen molar-refractivity contribution < 1.29 is 9.72 Å². The molecule has 25 heavy (non-hydrogen) atoms. The highest BCUT2D eigenvalue weighted by Crippen LogP contribution is 2.26. The first-order valence-electron chi connectivity index (χ1n) is 7.20. The summed E-state index contributed by atoms with van der Waals surface area (Å²) in [5.41, 5.74) is 0.702. The predicted octanol–water partition coefficient (Wildman–Crippen LogP) is 3.13. The number of non-ortho nitro benzene ring substituents is 1. The first-order valence-corrected chi connectivity index (χ1v) is 8.02. The molecule has 1 heterocycles. The standard InChI is InChI=1S/C16H13N5O3S/c1-20-10-17-19-16(20)25-14-7-5-12(6-8-14)18-15(22)11-3-2-4-13(9-11)21(23)24/h2-10H,1H3,(H,18,22). The Balaban J connectivity index is 1.69. The van der Waals surface area contributed by atoms with Crippen molar-refractivity contribution in [3.8, 4) is 0 Å². The topological polar surface area (TPSA) is 103 Å². The molecule has 9 heteroatoms. The van der Waals surface area contributed by atoms with Gasteiger partial charge in [-0.05, 0) is 42.1 Å². The maximum Gasteiger partial charge on any atom is 0.270 e. The van der Waals surface area contributed by atoms with Gasteiger partial charge in [0.05, 0.1) is 4.92 Å². The zero-order valence-electron chi connectivity index (χ0n) is 13.1. The second kappa shape index (κ2) is 7.14. The van der Waals surface area contributed by atoms with Crippen LogP contribution in [0.15, 0.2) is 64.9 Å². The number of rotatable bonds is 5. The lowest BCUT2D eigenvalue weighted by Gasteiger charge is -2.06. The molecule has 0 unspecified atom stereocenters. The molecule has 0 radical (unpaired) electrons. The third kappa shape index (κ3) is 4.01. The van der Waals surface area contributed by atoms with Gasteiger partial charge in [0.15, 0.2) is 5.16 Å². The van der Waals surface area contributed by atoms with Crippen molar-refractivity contribution in [3.63, 3.8) is 0 Å². The molecule has 0 aliphatic rings. The monoisotopic (exact) mass is 355 g/mol. The smallest absolute Gasteiger partial charge is 0.270 e. The Hall–Kier alpha value is -3.20. The van der Waals surface area contributed by atoms with Gasteiger partial charge in [0.2, 0.25) is 0 Å². The lowest BCUT2D eigenvalue weighted by molar-refractivity contribution is -0.384. The van der Waals surface area contributed by atoms with E-state index < -0.39 is 10.8 Å². The predicted molar refractivity (Wildman–Crippen MR) is 92.6 cm³/mol. The van der Waals surface area contributed by atoms with Crippen molar-refractivity contribution >= 4 is 29.0 Å². The first kappa shape index (κ1) is 16.7. The van der Waals surface area contributed by atoms with Crippen LogP contribution in [0.1, 0.15) is 10.4 Å². The third-order valence-corrected chi connectivity index (χ3v) is 4.37. The summed E-state index contributed by atoms with van der Waals surface area (Å²) in [5, 5.41) is 22.1. The fourth-order valence-corrected chi connectivity index (χ4v) is 2.80. The number of nitro benzene ring substituents is 1. The minimum absolute atomic E-state index is 0.122. The van der Waals surface area contributed by atoms with Gasteiger partial charge in [0.1, 0.15) is 6.33 Å². The van der Waals surface area contributed by atoms with Crippen LogP contribution in [0.3, 0.4) is 0 Å². The minimum atomic E-state index is -0.532. The van der Waals surface area contributed by atoms with E-state index in [0.717, 1.165) is 10.1 Å². The van der Waals surface area contributed by atoms with Gasteiger partial charge in [-0.3, -0.25) is 14.9 Å². The number of nitro groups is 1. The van der Waals surface area contributed by atoms with E-state index in [1.807, 2.05) is 23.7 Å². The van der Waals surface area contributed by atoms with Crippen molar-refractivity contribution in [1.82, 2.24) is 14.8 Å². The van der Waals surface area contributed by atoms with E-state index >= 15 is 0 Å². The second-order valence-corrected chi connectivity index (χ2v) is 6.15. The minimum Gasteiger partial charge on any atom is -0.322 e. The van der Waals surface area contributed by atoms with Crippen LogP contribution in [0.2, 0.25) is 0 Å². The highest BCUT2D eigenvalue weighted by molar-refractivity contribution is 7.99. The highest BCUT2D eigenvalue weighted by atomic mass is 32.2. The van der Waals surface area contributed by atoms with Crippen LogP contribution in [-0.2, 0) is 7.05 Å². The Morgan fingerprint density at radius 2 is 2.00 bits per heavy atom. The Morgan fingerprint density at radius 1 is 1.24 bits per heavy atom. The van der Waals surface area contributed by atoms with Gasteiger partial charge >= 0.3 is 0 Å². The Kier molecular flexibility index (Phi) is 4.75. The van der Waals surface area contributed by atoms with Crippen LogP contribution < -0.4 is 5.32 Å². The van der Waals surface area contributed by atoms with Gasteiger partial charge in [-0.25, -0.2) is 0 Å². The summed E-state index contributed by atoms with van der Waals surface area (Å²) in [4.78, 5) is 23.4. The molecule has 0 atom stereocenters. The molecular weight excluding hydrogens is 342 g/mol. The number of hydrogen-bond donors (Lipinski definition) is 1. The van der Waals surface area contributed by atoms with Crippen LogP contribution >= 0.6 is 11.8 Å². The molecule has 0 aliphatic heterocycles. The van der Waals surface area contributed by atoms with E-state index in [9.17, 15) is 14.9 Å². The molecule has 0 fully saturated rings. The number of amides is 1. The van der Waals surface area contributed by atoms with Crippen LogP contribution in [0.4, 0.5) is 11.4 Å². The molecule has 126 valence electrons. The zero-order chi connectivity index (χ0) is 17.8. The SMILES string of the molecule is Cn1cnnc1Sc1ccc(NC(=O)c2cccc([N+](=O)[O-])c2)cc1. The van der Waals surface area contributed by atoms with E-state index in [0.29, 0.717) is 5.69 Å². The molecule has 0 spiro atoms. The van der Waals surface area contributed by atoms with Crippen LogP contribution in [0.25, 0.3) is 0 Å². The highest BCUT2D eigenvalue weighted by Gasteiger charge is 2.12. The maximum atomic E-state index is 12.2. The summed E-state index contributed by atoms with van der Waals surface area (Å²) in [6, 6.07) is 12.8. The summed E-state index contributed by atoms with van der Waals surface area (Å²) < 4.78 is 1.81. The van der Waals surface area contributed by atoms with E-state index in [-0.39, 0.29) is 11.3 Å². The van der Waals surface area contributed by atoms with Gasteiger partial charge in [0, 0.05) is 35.3 Å². The molecular formula is C16H13N5O3S. The lowest BCUT2D eigenvalue weighted by atomic mass is 10.2. The number of nitrogens with one attached hydrogen (secondary N) is 1. The molecule has 3 rings (SSSR count). The summed E-state index contributed by atoms with van der Waals surface area (Å²) in [7, 11) is 1.86. The largest absolute Gasteiger partial charge is 0.322 e. The van der Waals surface area contributed by atoms with Gasteiger partial charge in [-0.15, -0.1) is 10.2 Å².